The van der Waals surface area contributed by atoms with Gasteiger partial charge >= 0.3 is 5.63 Å². The largest absolute Gasteiger partial charge is 0.488 e. The maximum Gasteiger partial charge on any atom is 0.381 e. The molecule has 0 atom stereocenters. The maximum atomic E-state index is 12.6. The van der Waals surface area contributed by atoms with E-state index in [9.17, 15) is 9.59 Å². The second-order valence-electron chi connectivity index (χ2n) is 7.22. The number of rotatable bonds is 8. The molecular formula is C19H24N6O6S. The van der Waals surface area contributed by atoms with Crippen molar-refractivity contribution in [3.8, 4) is 5.75 Å². The number of carbonyl (C=O) groups excluding carboxylic acids is 1. The van der Waals surface area contributed by atoms with E-state index >= 15 is 0 Å². The van der Waals surface area contributed by atoms with E-state index in [-0.39, 0.29) is 28.4 Å². The van der Waals surface area contributed by atoms with Gasteiger partial charge < -0.3 is 34.7 Å². The summed E-state index contributed by atoms with van der Waals surface area (Å²) in [5, 5.41) is 24.1. The van der Waals surface area contributed by atoms with Gasteiger partial charge in [-0.05, 0) is 26.8 Å². The lowest BCUT2D eigenvalue weighted by atomic mass is 10.2. The van der Waals surface area contributed by atoms with Crippen LogP contribution in [0.4, 0.5) is 16.0 Å². The SMILES string of the molecule is COc1c(NC2COC(C)(C)OC2)cc(C(=O)Nc2nnc(N/C(C)=C\C=N)s2)oc1=O. The summed E-state index contributed by atoms with van der Waals surface area (Å²) in [5.74, 6) is -1.67. The van der Waals surface area contributed by atoms with Gasteiger partial charge in [0.05, 0.1) is 32.1 Å². The summed E-state index contributed by atoms with van der Waals surface area (Å²) in [6.45, 7) is 6.05. The highest BCUT2D eigenvalue weighted by molar-refractivity contribution is 7.19. The van der Waals surface area contributed by atoms with E-state index in [1.54, 1.807) is 13.0 Å². The van der Waals surface area contributed by atoms with Crippen LogP contribution in [0.1, 0.15) is 31.3 Å². The minimum atomic E-state index is -0.812. The monoisotopic (exact) mass is 464 g/mol. The topological polar surface area (TPSA) is 161 Å². The molecule has 1 aliphatic rings. The Kier molecular flexibility index (Phi) is 7.22. The molecule has 3 heterocycles. The van der Waals surface area contributed by atoms with Crippen LogP contribution in [0.15, 0.2) is 27.1 Å². The van der Waals surface area contributed by atoms with Crippen molar-refractivity contribution < 1.29 is 23.4 Å². The van der Waals surface area contributed by atoms with Crippen molar-refractivity contribution in [1.82, 2.24) is 10.2 Å². The molecule has 0 spiro atoms. The third-order valence-corrected chi connectivity index (χ3v) is 5.00. The molecule has 172 valence electrons. The summed E-state index contributed by atoms with van der Waals surface area (Å²) in [6, 6.07) is 1.11. The number of anilines is 3. The van der Waals surface area contributed by atoms with Crippen molar-refractivity contribution in [3.63, 3.8) is 0 Å². The molecule has 2 aromatic heterocycles. The first kappa shape index (κ1) is 23.4. The van der Waals surface area contributed by atoms with E-state index < -0.39 is 17.3 Å². The Balaban J connectivity index is 1.74. The number of hydrogen-bond donors (Lipinski definition) is 4. The number of nitrogens with zero attached hydrogens (tertiary/aromatic N) is 2. The lowest BCUT2D eigenvalue weighted by molar-refractivity contribution is -0.247. The standard InChI is InChI=1S/C19H24N6O6S/c1-10(5-6-20)21-17-24-25-18(32-17)23-15(26)13-7-12(14(28-4)16(27)31-13)22-11-8-29-19(2,3)30-9-11/h5-7,11,20,22H,8-9H2,1-4H3,(H,21,24)(H,23,25,26)/b10-5-,20-6?. The average molecular weight is 465 g/mol. The molecule has 2 aromatic rings. The van der Waals surface area contributed by atoms with Crippen molar-refractivity contribution >= 4 is 39.4 Å². The first-order chi connectivity index (χ1) is 15.2. The lowest BCUT2D eigenvalue weighted by Crippen LogP contribution is -2.45. The molecule has 1 fully saturated rings. The van der Waals surface area contributed by atoms with E-state index in [2.05, 4.69) is 26.1 Å². The minimum Gasteiger partial charge on any atom is -0.488 e. The second kappa shape index (κ2) is 9.89. The highest BCUT2D eigenvalue weighted by Crippen LogP contribution is 2.26. The Morgan fingerprint density at radius 1 is 1.28 bits per heavy atom. The van der Waals surface area contributed by atoms with Crippen LogP contribution in [0, 0.1) is 5.41 Å². The number of aromatic nitrogens is 2. The van der Waals surface area contributed by atoms with E-state index in [0.717, 1.165) is 17.6 Å². The fourth-order valence-corrected chi connectivity index (χ4v) is 3.41. The fourth-order valence-electron chi connectivity index (χ4n) is 2.71. The molecule has 1 saturated heterocycles. The van der Waals surface area contributed by atoms with Gasteiger partial charge in [0.15, 0.2) is 11.5 Å². The third kappa shape index (κ3) is 5.90. The zero-order chi connectivity index (χ0) is 23.3. The zero-order valence-corrected chi connectivity index (χ0v) is 18.8. The summed E-state index contributed by atoms with van der Waals surface area (Å²) in [4.78, 5) is 25.0. The Morgan fingerprint density at radius 2 is 1.94 bits per heavy atom. The molecule has 13 heteroatoms. The molecule has 32 heavy (non-hydrogen) atoms. The summed E-state index contributed by atoms with van der Waals surface area (Å²) in [5.41, 5.74) is 0.149. The molecule has 1 aliphatic heterocycles. The smallest absolute Gasteiger partial charge is 0.381 e. The Morgan fingerprint density at radius 3 is 2.56 bits per heavy atom. The number of nitrogens with one attached hydrogen (secondary N) is 4. The van der Waals surface area contributed by atoms with Crippen molar-refractivity contribution in [3.05, 3.63) is 34.0 Å². The summed E-state index contributed by atoms with van der Waals surface area (Å²) < 4.78 is 21.5. The van der Waals surface area contributed by atoms with Crippen LogP contribution in [0.5, 0.6) is 5.75 Å². The molecule has 12 nitrogen and oxygen atoms in total. The fraction of sp³-hybridized carbons (Fsp3) is 0.421. The Bertz CT molecular complexity index is 1070. The number of carbonyl (C=O) groups is 1. The molecule has 0 radical (unpaired) electrons. The van der Waals surface area contributed by atoms with Crippen LogP contribution < -0.4 is 26.3 Å². The van der Waals surface area contributed by atoms with Gasteiger partial charge in [-0.25, -0.2) is 4.79 Å². The molecule has 0 aliphatic carbocycles. The Labute approximate surface area is 187 Å². The average Bonchev–Trinajstić information content (AvgIpc) is 3.16. The zero-order valence-electron chi connectivity index (χ0n) is 18.0. The van der Waals surface area contributed by atoms with Crippen molar-refractivity contribution in [2.75, 3.05) is 36.3 Å². The number of allylic oxidation sites excluding steroid dienone is 2. The number of ether oxygens (including phenoxy) is 3. The number of methoxy groups -OCH3 is 1. The normalized spacial score (nSPS) is 16.3. The Hall–Kier alpha value is -3.29. The molecule has 0 unspecified atom stereocenters. The van der Waals surface area contributed by atoms with E-state index in [1.807, 2.05) is 13.8 Å². The van der Waals surface area contributed by atoms with Gasteiger partial charge in [-0.2, -0.15) is 0 Å². The maximum absolute atomic E-state index is 12.6. The van der Waals surface area contributed by atoms with Crippen LogP contribution >= 0.6 is 11.3 Å². The van der Waals surface area contributed by atoms with Gasteiger partial charge in [-0.15, -0.1) is 10.2 Å². The lowest BCUT2D eigenvalue weighted by Gasteiger charge is -2.35. The molecule has 1 amide bonds. The van der Waals surface area contributed by atoms with Crippen LogP contribution in [0.3, 0.4) is 0 Å². The summed E-state index contributed by atoms with van der Waals surface area (Å²) in [6.07, 6.45) is 2.68. The van der Waals surface area contributed by atoms with Crippen molar-refractivity contribution in [2.24, 2.45) is 0 Å². The minimum absolute atomic E-state index is 0.0674. The number of hydrogen-bond acceptors (Lipinski definition) is 12. The quantitative estimate of drug-likeness (QED) is 0.427. The van der Waals surface area contributed by atoms with Gasteiger partial charge in [0, 0.05) is 18.0 Å². The highest BCUT2D eigenvalue weighted by atomic mass is 32.1. The van der Waals surface area contributed by atoms with Crippen LogP contribution in [-0.2, 0) is 9.47 Å². The van der Waals surface area contributed by atoms with E-state index in [1.165, 1.54) is 13.2 Å². The van der Waals surface area contributed by atoms with Gasteiger partial charge in [0.1, 0.15) is 0 Å². The third-order valence-electron chi connectivity index (χ3n) is 4.24. The molecule has 3 rings (SSSR count). The van der Waals surface area contributed by atoms with E-state index in [4.69, 9.17) is 24.0 Å². The first-order valence-electron chi connectivity index (χ1n) is 9.56. The van der Waals surface area contributed by atoms with Crippen LogP contribution in [0.2, 0.25) is 0 Å². The summed E-state index contributed by atoms with van der Waals surface area (Å²) >= 11 is 1.08. The van der Waals surface area contributed by atoms with Gasteiger partial charge in [0.2, 0.25) is 16.0 Å². The van der Waals surface area contributed by atoms with Crippen LogP contribution in [0.25, 0.3) is 0 Å². The van der Waals surface area contributed by atoms with Gasteiger partial charge in [-0.3, -0.25) is 10.1 Å². The van der Waals surface area contributed by atoms with Crippen molar-refractivity contribution in [2.45, 2.75) is 32.6 Å². The van der Waals surface area contributed by atoms with Gasteiger partial charge in [0.25, 0.3) is 5.91 Å². The van der Waals surface area contributed by atoms with Crippen molar-refractivity contribution in [1.29, 1.82) is 5.41 Å². The first-order valence-corrected chi connectivity index (χ1v) is 10.4. The highest BCUT2D eigenvalue weighted by Gasteiger charge is 2.29. The van der Waals surface area contributed by atoms with E-state index in [0.29, 0.717) is 24.0 Å². The molecular weight excluding hydrogens is 440 g/mol. The van der Waals surface area contributed by atoms with Gasteiger partial charge in [-0.1, -0.05) is 11.3 Å². The predicted octanol–water partition coefficient (Wildman–Crippen LogP) is 2.28. The molecule has 0 bridgehead atoms. The predicted molar refractivity (Wildman–Crippen MR) is 119 cm³/mol. The summed E-state index contributed by atoms with van der Waals surface area (Å²) in [7, 11) is 1.33. The van der Waals surface area contributed by atoms with Crippen LogP contribution in [-0.4, -0.2) is 54.5 Å². The number of amides is 1. The molecule has 0 saturated carbocycles. The second-order valence-corrected chi connectivity index (χ2v) is 8.19. The molecule has 4 N–H and O–H groups in total. The molecule has 0 aromatic carbocycles.